The molecule has 0 aromatic heterocycles. The molecule has 2 aliphatic rings. The minimum absolute atomic E-state index is 0.0289. The highest BCUT2D eigenvalue weighted by atomic mass is 16.5. The molecule has 1 heterocycles. The van der Waals surface area contributed by atoms with Crippen molar-refractivity contribution in [1.82, 2.24) is 10.2 Å². The first kappa shape index (κ1) is 13.1. The Kier molecular flexibility index (Phi) is 3.47. The number of carboxylic acids is 1. The Balaban J connectivity index is 1.86. The first-order valence-corrected chi connectivity index (χ1v) is 6.34. The maximum atomic E-state index is 12.0. The predicted molar refractivity (Wildman–Crippen MR) is 64.3 cm³/mol. The zero-order valence-electron chi connectivity index (χ0n) is 10.8. The number of carboxylic acid groups (broad SMARTS) is 1. The standard InChI is InChI=1S/C12H20N2O4/c1-8-6-18-9(2)5-14(8)11(17)13-7-12(3-4-12)10(15)16/h8-9H,3-7H2,1-2H3,(H,13,17)(H,15,16). The second-order valence-corrected chi connectivity index (χ2v) is 5.39. The van der Waals surface area contributed by atoms with E-state index in [0.717, 1.165) is 0 Å². The average molecular weight is 256 g/mol. The lowest BCUT2D eigenvalue weighted by molar-refractivity contribution is -0.143. The maximum absolute atomic E-state index is 12.0. The Hall–Kier alpha value is -1.30. The third-order valence-electron chi connectivity index (χ3n) is 3.75. The Morgan fingerprint density at radius 1 is 1.44 bits per heavy atom. The highest BCUT2D eigenvalue weighted by Crippen LogP contribution is 2.45. The predicted octanol–water partition coefficient (Wildman–Crippen LogP) is 0.670. The van der Waals surface area contributed by atoms with Gasteiger partial charge in [-0.05, 0) is 26.7 Å². The molecule has 0 spiro atoms. The molecule has 2 amide bonds. The summed E-state index contributed by atoms with van der Waals surface area (Å²) in [7, 11) is 0. The number of aliphatic carboxylic acids is 1. The molecule has 1 aliphatic carbocycles. The molecule has 0 radical (unpaired) electrons. The van der Waals surface area contributed by atoms with Crippen molar-refractivity contribution in [2.75, 3.05) is 19.7 Å². The number of morpholine rings is 1. The molecule has 2 atom stereocenters. The molecule has 1 saturated heterocycles. The van der Waals surface area contributed by atoms with Gasteiger partial charge in [-0.15, -0.1) is 0 Å². The van der Waals surface area contributed by atoms with E-state index in [1.54, 1.807) is 4.90 Å². The molecule has 1 saturated carbocycles. The highest BCUT2D eigenvalue weighted by Gasteiger charge is 2.50. The van der Waals surface area contributed by atoms with Gasteiger partial charge in [-0.25, -0.2) is 4.79 Å². The van der Waals surface area contributed by atoms with Gasteiger partial charge in [-0.3, -0.25) is 4.79 Å². The van der Waals surface area contributed by atoms with Crippen LogP contribution in [0, 0.1) is 5.41 Å². The number of hydrogen-bond donors (Lipinski definition) is 2. The molecule has 18 heavy (non-hydrogen) atoms. The Labute approximate surface area is 106 Å². The van der Waals surface area contributed by atoms with Crippen LogP contribution in [0.1, 0.15) is 26.7 Å². The van der Waals surface area contributed by atoms with Gasteiger partial charge < -0.3 is 20.1 Å². The summed E-state index contributed by atoms with van der Waals surface area (Å²) in [6, 6.07) is -0.161. The lowest BCUT2D eigenvalue weighted by Gasteiger charge is -2.36. The van der Waals surface area contributed by atoms with Crippen molar-refractivity contribution in [3.63, 3.8) is 0 Å². The van der Waals surface area contributed by atoms with Crippen LogP contribution in [0.25, 0.3) is 0 Å². The molecule has 6 nitrogen and oxygen atoms in total. The summed E-state index contributed by atoms with van der Waals surface area (Å²) < 4.78 is 5.45. The Morgan fingerprint density at radius 2 is 2.11 bits per heavy atom. The molecule has 2 N–H and O–H groups in total. The van der Waals surface area contributed by atoms with E-state index < -0.39 is 11.4 Å². The van der Waals surface area contributed by atoms with Crippen LogP contribution in [0.2, 0.25) is 0 Å². The third kappa shape index (κ3) is 2.58. The van der Waals surface area contributed by atoms with Crippen LogP contribution in [0.3, 0.4) is 0 Å². The van der Waals surface area contributed by atoms with Crippen molar-refractivity contribution < 1.29 is 19.4 Å². The molecule has 2 rings (SSSR count). The van der Waals surface area contributed by atoms with E-state index in [-0.39, 0.29) is 24.7 Å². The van der Waals surface area contributed by atoms with Crippen molar-refractivity contribution in [3.05, 3.63) is 0 Å². The Morgan fingerprint density at radius 3 is 2.67 bits per heavy atom. The molecular weight excluding hydrogens is 236 g/mol. The number of carbonyl (C=O) groups is 2. The second kappa shape index (κ2) is 4.76. The minimum Gasteiger partial charge on any atom is -0.481 e. The number of hydrogen-bond acceptors (Lipinski definition) is 3. The van der Waals surface area contributed by atoms with Crippen molar-refractivity contribution >= 4 is 12.0 Å². The first-order chi connectivity index (χ1) is 8.44. The number of carbonyl (C=O) groups excluding carboxylic acids is 1. The van der Waals surface area contributed by atoms with Gasteiger partial charge in [0.15, 0.2) is 0 Å². The van der Waals surface area contributed by atoms with Gasteiger partial charge in [0.05, 0.1) is 24.2 Å². The summed E-state index contributed by atoms with van der Waals surface area (Å²) in [5.74, 6) is -0.814. The quantitative estimate of drug-likeness (QED) is 0.778. The third-order valence-corrected chi connectivity index (χ3v) is 3.75. The number of rotatable bonds is 3. The average Bonchev–Trinajstić information content (AvgIpc) is 3.10. The summed E-state index contributed by atoms with van der Waals surface area (Å²) >= 11 is 0. The van der Waals surface area contributed by atoms with Gasteiger partial charge in [0.1, 0.15) is 0 Å². The van der Waals surface area contributed by atoms with E-state index in [4.69, 9.17) is 9.84 Å². The van der Waals surface area contributed by atoms with Gasteiger partial charge in [-0.2, -0.15) is 0 Å². The van der Waals surface area contributed by atoms with Gasteiger partial charge in [0.2, 0.25) is 0 Å². The van der Waals surface area contributed by atoms with E-state index >= 15 is 0 Å². The fraction of sp³-hybridized carbons (Fsp3) is 0.833. The fourth-order valence-electron chi connectivity index (χ4n) is 2.15. The van der Waals surface area contributed by atoms with Crippen LogP contribution in [0.5, 0.6) is 0 Å². The van der Waals surface area contributed by atoms with E-state index in [9.17, 15) is 9.59 Å². The summed E-state index contributed by atoms with van der Waals surface area (Å²) in [4.78, 5) is 24.7. The van der Waals surface area contributed by atoms with Crippen LogP contribution < -0.4 is 5.32 Å². The highest BCUT2D eigenvalue weighted by molar-refractivity contribution is 5.80. The van der Waals surface area contributed by atoms with E-state index in [1.807, 2.05) is 13.8 Å². The van der Waals surface area contributed by atoms with Crippen LogP contribution in [-0.2, 0) is 9.53 Å². The number of nitrogens with one attached hydrogen (secondary N) is 1. The molecule has 2 fully saturated rings. The zero-order valence-corrected chi connectivity index (χ0v) is 10.8. The summed E-state index contributed by atoms with van der Waals surface area (Å²) in [5, 5.41) is 11.8. The number of nitrogens with zero attached hydrogens (tertiary/aromatic N) is 1. The van der Waals surface area contributed by atoms with Gasteiger partial charge in [0.25, 0.3) is 0 Å². The lowest BCUT2D eigenvalue weighted by atomic mass is 10.1. The van der Waals surface area contributed by atoms with Crippen molar-refractivity contribution in [3.8, 4) is 0 Å². The number of urea groups is 1. The number of ether oxygens (including phenoxy) is 1. The largest absolute Gasteiger partial charge is 0.481 e. The molecule has 102 valence electrons. The maximum Gasteiger partial charge on any atom is 0.317 e. The molecule has 0 aromatic rings. The molecule has 6 heteroatoms. The van der Waals surface area contributed by atoms with Crippen molar-refractivity contribution in [2.24, 2.45) is 5.41 Å². The smallest absolute Gasteiger partial charge is 0.317 e. The minimum atomic E-state index is -0.814. The van der Waals surface area contributed by atoms with Gasteiger partial charge in [0, 0.05) is 13.1 Å². The molecule has 2 unspecified atom stereocenters. The van der Waals surface area contributed by atoms with Crippen LogP contribution in [-0.4, -0.2) is 53.8 Å². The first-order valence-electron chi connectivity index (χ1n) is 6.34. The van der Waals surface area contributed by atoms with Crippen molar-refractivity contribution in [1.29, 1.82) is 0 Å². The van der Waals surface area contributed by atoms with Gasteiger partial charge >= 0.3 is 12.0 Å². The topological polar surface area (TPSA) is 78.9 Å². The fourth-order valence-corrected chi connectivity index (χ4v) is 2.15. The van der Waals surface area contributed by atoms with Crippen LogP contribution in [0.4, 0.5) is 4.79 Å². The summed E-state index contributed by atoms with van der Waals surface area (Å²) in [5.41, 5.74) is -0.712. The molecule has 1 aliphatic heterocycles. The summed E-state index contributed by atoms with van der Waals surface area (Å²) in [6.45, 7) is 5.15. The zero-order chi connectivity index (χ0) is 13.3. The number of amides is 2. The Bertz CT molecular complexity index is 354. The molecular formula is C12H20N2O4. The lowest BCUT2D eigenvalue weighted by Crippen LogP contribution is -2.54. The van der Waals surface area contributed by atoms with Crippen LogP contribution >= 0.6 is 0 Å². The van der Waals surface area contributed by atoms with E-state index in [0.29, 0.717) is 26.0 Å². The van der Waals surface area contributed by atoms with E-state index in [1.165, 1.54) is 0 Å². The molecule has 0 bridgehead atoms. The van der Waals surface area contributed by atoms with Crippen LogP contribution in [0.15, 0.2) is 0 Å². The second-order valence-electron chi connectivity index (χ2n) is 5.39. The van der Waals surface area contributed by atoms with Crippen molar-refractivity contribution in [2.45, 2.75) is 38.8 Å². The van der Waals surface area contributed by atoms with Gasteiger partial charge in [-0.1, -0.05) is 0 Å². The molecule has 0 aromatic carbocycles. The normalized spacial score (nSPS) is 29.8. The summed E-state index contributed by atoms with van der Waals surface area (Å²) in [6.07, 6.45) is 1.33. The van der Waals surface area contributed by atoms with E-state index in [2.05, 4.69) is 5.32 Å². The monoisotopic (exact) mass is 256 g/mol. The SMILES string of the molecule is CC1CN(C(=O)NCC2(C(=O)O)CC2)C(C)CO1.